The fourth-order valence-electron chi connectivity index (χ4n) is 1.55. The van der Waals surface area contributed by atoms with E-state index in [0.717, 1.165) is 17.0 Å². The molecule has 0 atom stereocenters. The molecule has 3 aromatic rings. The summed E-state index contributed by atoms with van der Waals surface area (Å²) in [6.45, 7) is 0. The Morgan fingerprint density at radius 3 is 3.00 bits per heavy atom. The Hall–Kier alpha value is -2.37. The van der Waals surface area contributed by atoms with Crippen LogP contribution in [0.2, 0.25) is 0 Å². The van der Waals surface area contributed by atoms with Crippen LogP contribution in [0.15, 0.2) is 30.6 Å². The van der Waals surface area contributed by atoms with Crippen LogP contribution in [0.3, 0.4) is 0 Å². The van der Waals surface area contributed by atoms with Gasteiger partial charge in [-0.1, -0.05) is 0 Å². The van der Waals surface area contributed by atoms with E-state index in [1.165, 1.54) is 0 Å². The maximum atomic E-state index is 5.82. The highest BCUT2D eigenvalue weighted by Crippen LogP contribution is 2.23. The number of imidazole rings is 1. The Bertz CT molecular complexity index is 594. The molecule has 3 aromatic heterocycles. The Morgan fingerprint density at radius 1 is 1.27 bits per heavy atom. The summed E-state index contributed by atoms with van der Waals surface area (Å²) in [5.74, 6) is 0.443. The molecule has 3 rings (SSSR count). The van der Waals surface area contributed by atoms with Gasteiger partial charge in [-0.2, -0.15) is 10.2 Å². The minimum absolute atomic E-state index is 0.443. The number of fused-ring (bicyclic) bond motifs is 1. The van der Waals surface area contributed by atoms with E-state index in [2.05, 4.69) is 20.3 Å². The number of rotatable bonds is 1. The molecule has 74 valence electrons. The molecule has 0 fully saturated rings. The van der Waals surface area contributed by atoms with Gasteiger partial charge >= 0.3 is 0 Å². The molecule has 0 aliphatic heterocycles. The highest BCUT2D eigenvalue weighted by atomic mass is 15.3. The molecule has 15 heavy (non-hydrogen) atoms. The highest BCUT2D eigenvalue weighted by Gasteiger charge is 2.12. The molecule has 0 spiro atoms. The van der Waals surface area contributed by atoms with Crippen molar-refractivity contribution in [3.8, 4) is 11.4 Å². The van der Waals surface area contributed by atoms with E-state index in [9.17, 15) is 0 Å². The maximum Gasteiger partial charge on any atom is 0.156 e. The molecule has 0 bridgehead atoms. The molecule has 6 heteroatoms. The summed E-state index contributed by atoms with van der Waals surface area (Å²) in [5, 5.41) is 10.9. The number of nitrogen functional groups attached to an aromatic ring is 1. The Balaban J connectivity index is 2.39. The standard InChI is InChI=1S/C9H8N6/c10-9-8(6-3-5-11-14-6)15-7(13-9)2-1-4-12-15/h1-5H,10H2,(H,11,14). The van der Waals surface area contributed by atoms with Gasteiger partial charge in [0.05, 0.1) is 5.69 Å². The minimum atomic E-state index is 0.443. The second kappa shape index (κ2) is 2.81. The van der Waals surface area contributed by atoms with Gasteiger partial charge in [0.25, 0.3) is 0 Å². The first-order valence-corrected chi connectivity index (χ1v) is 4.45. The number of hydrogen-bond donors (Lipinski definition) is 2. The average Bonchev–Trinajstić information content (AvgIpc) is 2.82. The predicted molar refractivity (Wildman–Crippen MR) is 55.0 cm³/mol. The SMILES string of the molecule is Nc1nc2cccnn2c1-c1ccn[nH]1. The molecular formula is C9H8N6. The minimum Gasteiger partial charge on any atom is -0.382 e. The molecule has 0 radical (unpaired) electrons. The van der Waals surface area contributed by atoms with Crippen LogP contribution in [0.25, 0.3) is 17.0 Å². The molecule has 3 heterocycles. The fraction of sp³-hybridized carbons (Fsp3) is 0. The Labute approximate surface area is 84.8 Å². The van der Waals surface area contributed by atoms with Gasteiger partial charge in [-0.05, 0) is 18.2 Å². The Kier molecular flexibility index (Phi) is 1.49. The van der Waals surface area contributed by atoms with Gasteiger partial charge in [-0.25, -0.2) is 9.50 Å². The number of anilines is 1. The summed E-state index contributed by atoms with van der Waals surface area (Å²) in [6, 6.07) is 5.50. The van der Waals surface area contributed by atoms with E-state index in [0.29, 0.717) is 5.82 Å². The molecule has 0 aliphatic carbocycles. The van der Waals surface area contributed by atoms with Crippen molar-refractivity contribution in [1.82, 2.24) is 24.8 Å². The topological polar surface area (TPSA) is 84.9 Å². The smallest absolute Gasteiger partial charge is 0.156 e. The number of nitrogens with zero attached hydrogens (tertiary/aromatic N) is 4. The lowest BCUT2D eigenvalue weighted by Crippen LogP contribution is -1.95. The van der Waals surface area contributed by atoms with Crippen LogP contribution in [0.4, 0.5) is 5.82 Å². The van der Waals surface area contributed by atoms with Gasteiger partial charge in [0, 0.05) is 12.4 Å². The number of nitrogens with one attached hydrogen (secondary N) is 1. The summed E-state index contributed by atoms with van der Waals surface area (Å²) in [7, 11) is 0. The summed E-state index contributed by atoms with van der Waals surface area (Å²) >= 11 is 0. The van der Waals surface area contributed by atoms with Crippen molar-refractivity contribution < 1.29 is 0 Å². The lowest BCUT2D eigenvalue weighted by molar-refractivity contribution is 0.935. The molecule has 0 aromatic carbocycles. The molecular weight excluding hydrogens is 192 g/mol. The van der Waals surface area contributed by atoms with Crippen molar-refractivity contribution in [3.05, 3.63) is 30.6 Å². The second-order valence-electron chi connectivity index (χ2n) is 3.11. The quantitative estimate of drug-likeness (QED) is 0.605. The summed E-state index contributed by atoms with van der Waals surface area (Å²) < 4.78 is 1.68. The number of H-pyrrole nitrogens is 1. The molecule has 0 saturated carbocycles. The van der Waals surface area contributed by atoms with Gasteiger partial charge in [-0.15, -0.1) is 0 Å². The second-order valence-corrected chi connectivity index (χ2v) is 3.11. The highest BCUT2D eigenvalue weighted by molar-refractivity contribution is 5.71. The van der Waals surface area contributed by atoms with Crippen molar-refractivity contribution >= 4 is 11.5 Å². The molecule has 6 nitrogen and oxygen atoms in total. The lowest BCUT2D eigenvalue weighted by Gasteiger charge is -1.96. The average molecular weight is 200 g/mol. The summed E-state index contributed by atoms with van der Waals surface area (Å²) in [5.41, 5.74) is 8.09. The van der Waals surface area contributed by atoms with Gasteiger partial charge in [-0.3, -0.25) is 5.10 Å². The number of nitrogens with two attached hydrogens (primary N) is 1. The molecule has 0 unspecified atom stereocenters. The molecule has 0 amide bonds. The van der Waals surface area contributed by atoms with Crippen LogP contribution in [-0.2, 0) is 0 Å². The van der Waals surface area contributed by atoms with Gasteiger partial charge in [0.15, 0.2) is 11.5 Å². The normalized spacial score (nSPS) is 10.9. The van der Waals surface area contributed by atoms with Gasteiger partial charge in [0.1, 0.15) is 5.69 Å². The van der Waals surface area contributed by atoms with E-state index >= 15 is 0 Å². The number of aromatic nitrogens is 5. The predicted octanol–water partition coefficient (Wildman–Crippen LogP) is 0.702. The lowest BCUT2D eigenvalue weighted by atomic mass is 10.3. The van der Waals surface area contributed by atoms with E-state index in [4.69, 9.17) is 5.73 Å². The third-order valence-electron chi connectivity index (χ3n) is 2.18. The Morgan fingerprint density at radius 2 is 2.20 bits per heavy atom. The first kappa shape index (κ1) is 7.98. The van der Waals surface area contributed by atoms with Crippen LogP contribution < -0.4 is 5.73 Å². The van der Waals surface area contributed by atoms with Gasteiger partial charge in [0.2, 0.25) is 0 Å². The van der Waals surface area contributed by atoms with Crippen molar-refractivity contribution in [2.45, 2.75) is 0 Å². The number of hydrogen-bond acceptors (Lipinski definition) is 4. The van der Waals surface area contributed by atoms with Crippen LogP contribution in [0, 0.1) is 0 Å². The molecule has 0 saturated heterocycles. The van der Waals surface area contributed by atoms with E-state index in [1.807, 2.05) is 18.2 Å². The number of aromatic amines is 1. The third kappa shape index (κ3) is 1.08. The van der Waals surface area contributed by atoms with Crippen LogP contribution >= 0.6 is 0 Å². The first-order valence-electron chi connectivity index (χ1n) is 4.45. The van der Waals surface area contributed by atoms with E-state index in [-0.39, 0.29) is 0 Å². The zero-order chi connectivity index (χ0) is 10.3. The zero-order valence-corrected chi connectivity index (χ0v) is 7.75. The largest absolute Gasteiger partial charge is 0.382 e. The van der Waals surface area contributed by atoms with E-state index < -0.39 is 0 Å². The molecule has 0 aliphatic rings. The van der Waals surface area contributed by atoms with Crippen LogP contribution in [-0.4, -0.2) is 24.8 Å². The maximum absolute atomic E-state index is 5.82. The first-order chi connectivity index (χ1) is 7.36. The molecule has 3 N–H and O–H groups in total. The monoisotopic (exact) mass is 200 g/mol. The summed E-state index contributed by atoms with van der Waals surface area (Å²) in [6.07, 6.45) is 3.35. The van der Waals surface area contributed by atoms with E-state index in [1.54, 1.807) is 16.9 Å². The van der Waals surface area contributed by atoms with Crippen molar-refractivity contribution in [2.75, 3.05) is 5.73 Å². The van der Waals surface area contributed by atoms with Crippen LogP contribution in [0.5, 0.6) is 0 Å². The zero-order valence-electron chi connectivity index (χ0n) is 7.75. The third-order valence-corrected chi connectivity index (χ3v) is 2.18. The summed E-state index contributed by atoms with van der Waals surface area (Å²) in [4.78, 5) is 4.20. The van der Waals surface area contributed by atoms with Crippen molar-refractivity contribution in [2.24, 2.45) is 0 Å². The van der Waals surface area contributed by atoms with Gasteiger partial charge < -0.3 is 5.73 Å². The fourth-order valence-corrected chi connectivity index (χ4v) is 1.55. The van der Waals surface area contributed by atoms with Crippen molar-refractivity contribution in [3.63, 3.8) is 0 Å². The van der Waals surface area contributed by atoms with Crippen molar-refractivity contribution in [1.29, 1.82) is 0 Å². The van der Waals surface area contributed by atoms with Crippen LogP contribution in [0.1, 0.15) is 0 Å².